The number of halogens is 3. The third-order valence-electron chi connectivity index (χ3n) is 0.556. The molecule has 0 aromatic carbocycles. The van der Waals surface area contributed by atoms with Gasteiger partial charge in [0.25, 0.3) is 0 Å². The lowest BCUT2D eigenvalue weighted by Crippen LogP contribution is -1.86. The van der Waals surface area contributed by atoms with E-state index in [-0.39, 0.29) is 0 Å². The fourth-order valence-electron chi connectivity index (χ4n) is 0.231. The molecule has 0 aromatic rings. The summed E-state index contributed by atoms with van der Waals surface area (Å²) in [5.41, 5.74) is 0. The van der Waals surface area contributed by atoms with Crippen LogP contribution in [0.1, 0.15) is 12.8 Å². The summed E-state index contributed by atoms with van der Waals surface area (Å²) in [7, 11) is 0. The quantitative estimate of drug-likeness (QED) is 0.658. The van der Waals surface area contributed by atoms with E-state index in [1.165, 1.54) is 0 Å². The standard InChI is InChI=1S/C4H7Br2F/c5-3-1-2-4(6)7/h4H,1-3H2. The number of hydrogen-bond acceptors (Lipinski definition) is 0. The van der Waals surface area contributed by atoms with Crippen molar-refractivity contribution in [2.45, 2.75) is 17.9 Å². The molecule has 1 atom stereocenters. The second-order valence-electron chi connectivity index (χ2n) is 1.22. The van der Waals surface area contributed by atoms with E-state index in [4.69, 9.17) is 0 Å². The van der Waals surface area contributed by atoms with Crippen molar-refractivity contribution in [2.75, 3.05) is 5.33 Å². The smallest absolute Gasteiger partial charge is 0.154 e. The van der Waals surface area contributed by atoms with Crippen molar-refractivity contribution in [2.24, 2.45) is 0 Å². The minimum Gasteiger partial charge on any atom is -0.235 e. The molecule has 7 heavy (non-hydrogen) atoms. The zero-order chi connectivity index (χ0) is 5.70. The van der Waals surface area contributed by atoms with Crippen LogP contribution < -0.4 is 0 Å². The maximum absolute atomic E-state index is 11.8. The summed E-state index contributed by atoms with van der Waals surface area (Å²) >= 11 is 5.98. The van der Waals surface area contributed by atoms with Gasteiger partial charge in [0.05, 0.1) is 0 Å². The molecule has 0 aliphatic rings. The van der Waals surface area contributed by atoms with Gasteiger partial charge >= 0.3 is 0 Å². The van der Waals surface area contributed by atoms with Crippen LogP contribution in [0.3, 0.4) is 0 Å². The zero-order valence-electron chi connectivity index (χ0n) is 3.83. The summed E-state index contributed by atoms with van der Waals surface area (Å²) in [6.07, 6.45) is 1.50. The average molecular weight is 234 g/mol. The topological polar surface area (TPSA) is 0 Å². The Morgan fingerprint density at radius 2 is 2.14 bits per heavy atom. The van der Waals surface area contributed by atoms with Crippen LogP contribution in [0, 0.1) is 0 Å². The average Bonchev–Trinajstić information content (AvgIpc) is 1.61. The SMILES string of the molecule is FC(Br)CCCBr. The molecule has 0 heterocycles. The van der Waals surface area contributed by atoms with Crippen LogP contribution in [0.5, 0.6) is 0 Å². The molecule has 0 amide bonds. The lowest BCUT2D eigenvalue weighted by molar-refractivity contribution is 0.436. The van der Waals surface area contributed by atoms with E-state index < -0.39 is 5.08 Å². The highest BCUT2D eigenvalue weighted by Crippen LogP contribution is 2.08. The lowest BCUT2D eigenvalue weighted by Gasteiger charge is -1.92. The van der Waals surface area contributed by atoms with Crippen molar-refractivity contribution in [1.82, 2.24) is 0 Å². The summed E-state index contributed by atoms with van der Waals surface area (Å²) in [6.45, 7) is 0. The molecule has 1 unspecified atom stereocenters. The first-order valence-electron chi connectivity index (χ1n) is 2.11. The van der Waals surface area contributed by atoms with Gasteiger partial charge in [-0.2, -0.15) is 0 Å². The van der Waals surface area contributed by atoms with Gasteiger partial charge in [0.15, 0.2) is 5.08 Å². The highest BCUT2D eigenvalue weighted by Gasteiger charge is 1.95. The van der Waals surface area contributed by atoms with E-state index in [1.54, 1.807) is 0 Å². The van der Waals surface area contributed by atoms with Crippen molar-refractivity contribution < 1.29 is 4.39 Å². The third-order valence-corrected chi connectivity index (χ3v) is 1.57. The second-order valence-corrected chi connectivity index (χ2v) is 3.01. The molecule has 0 aromatic heterocycles. The van der Waals surface area contributed by atoms with Gasteiger partial charge in [-0.3, -0.25) is 0 Å². The minimum absolute atomic E-state index is 0.602. The first-order valence-corrected chi connectivity index (χ1v) is 4.15. The molecule has 0 bridgehead atoms. The van der Waals surface area contributed by atoms with Gasteiger partial charge in [-0.15, -0.1) is 0 Å². The highest BCUT2D eigenvalue weighted by molar-refractivity contribution is 9.09. The normalized spacial score (nSPS) is 14.1. The molecule has 0 rings (SSSR count). The Labute approximate surface area is 59.7 Å². The zero-order valence-corrected chi connectivity index (χ0v) is 7.00. The van der Waals surface area contributed by atoms with Crippen molar-refractivity contribution in [3.63, 3.8) is 0 Å². The molecule has 44 valence electrons. The van der Waals surface area contributed by atoms with Gasteiger partial charge in [0.1, 0.15) is 0 Å². The number of alkyl halides is 3. The van der Waals surface area contributed by atoms with Gasteiger partial charge < -0.3 is 0 Å². The van der Waals surface area contributed by atoms with Crippen LogP contribution in [0.4, 0.5) is 4.39 Å². The molecule has 0 nitrogen and oxygen atoms in total. The predicted octanol–water partition coefficient (Wildman–Crippen LogP) is 2.85. The largest absolute Gasteiger partial charge is 0.235 e. The summed E-state index contributed by atoms with van der Waals surface area (Å²) < 4.78 is 11.8. The molecular formula is C4H7Br2F. The Hall–Kier alpha value is 0.890. The van der Waals surface area contributed by atoms with Crippen molar-refractivity contribution in [3.8, 4) is 0 Å². The van der Waals surface area contributed by atoms with E-state index in [2.05, 4.69) is 31.9 Å². The third kappa shape index (κ3) is 6.89. The molecule has 0 radical (unpaired) electrons. The predicted molar refractivity (Wildman–Crippen MR) is 36.9 cm³/mol. The summed E-state index contributed by atoms with van der Waals surface area (Å²) in [5, 5.41) is 0.0731. The molecule has 0 saturated carbocycles. The molecular weight excluding hydrogens is 227 g/mol. The minimum atomic E-state index is -0.815. The molecule has 0 fully saturated rings. The van der Waals surface area contributed by atoms with Crippen LogP contribution in [0.2, 0.25) is 0 Å². The Kier molecular flexibility index (Phi) is 5.68. The Morgan fingerprint density at radius 3 is 2.29 bits per heavy atom. The highest BCUT2D eigenvalue weighted by atomic mass is 79.9. The van der Waals surface area contributed by atoms with Gasteiger partial charge in [0, 0.05) is 5.33 Å². The van der Waals surface area contributed by atoms with Crippen LogP contribution in [0.15, 0.2) is 0 Å². The van der Waals surface area contributed by atoms with Gasteiger partial charge in [-0.25, -0.2) is 4.39 Å². The monoisotopic (exact) mass is 232 g/mol. The molecule has 3 heteroatoms. The fraction of sp³-hybridized carbons (Fsp3) is 1.00. The lowest BCUT2D eigenvalue weighted by atomic mass is 10.4. The number of rotatable bonds is 3. The van der Waals surface area contributed by atoms with E-state index in [0.717, 1.165) is 11.8 Å². The van der Waals surface area contributed by atoms with Crippen LogP contribution in [-0.2, 0) is 0 Å². The fourth-order valence-corrected chi connectivity index (χ4v) is 0.879. The Balaban J connectivity index is 2.68. The summed E-state index contributed by atoms with van der Waals surface area (Å²) in [6, 6.07) is 0. The van der Waals surface area contributed by atoms with Crippen LogP contribution in [-0.4, -0.2) is 10.4 Å². The van der Waals surface area contributed by atoms with E-state index >= 15 is 0 Å². The van der Waals surface area contributed by atoms with Crippen molar-refractivity contribution >= 4 is 31.9 Å². The first-order chi connectivity index (χ1) is 3.27. The van der Waals surface area contributed by atoms with Crippen molar-refractivity contribution in [3.05, 3.63) is 0 Å². The number of hydrogen-bond donors (Lipinski definition) is 0. The molecule has 0 aliphatic carbocycles. The maximum atomic E-state index is 11.8. The van der Waals surface area contributed by atoms with Crippen LogP contribution in [0.25, 0.3) is 0 Å². The van der Waals surface area contributed by atoms with Gasteiger partial charge in [-0.05, 0) is 12.8 Å². The first kappa shape index (κ1) is 7.89. The van der Waals surface area contributed by atoms with Gasteiger partial charge in [-0.1, -0.05) is 31.9 Å². The van der Waals surface area contributed by atoms with Crippen LogP contribution >= 0.6 is 31.9 Å². The molecule has 0 aliphatic heterocycles. The van der Waals surface area contributed by atoms with E-state index in [0.29, 0.717) is 6.42 Å². The Bertz CT molecular complexity index is 38.7. The van der Waals surface area contributed by atoms with Gasteiger partial charge in [0.2, 0.25) is 0 Å². The van der Waals surface area contributed by atoms with E-state index in [1.807, 2.05) is 0 Å². The Morgan fingerprint density at radius 1 is 1.57 bits per heavy atom. The maximum Gasteiger partial charge on any atom is 0.154 e. The molecule has 0 saturated heterocycles. The molecule has 0 N–H and O–H groups in total. The molecule has 0 spiro atoms. The summed E-state index contributed by atoms with van der Waals surface area (Å²) in [5.74, 6) is 0. The van der Waals surface area contributed by atoms with Crippen molar-refractivity contribution in [1.29, 1.82) is 0 Å². The van der Waals surface area contributed by atoms with E-state index in [9.17, 15) is 4.39 Å². The second kappa shape index (κ2) is 5.04. The summed E-state index contributed by atoms with van der Waals surface area (Å²) in [4.78, 5) is 0.